The number of carbonyl (C=O) groups is 1. The maximum absolute atomic E-state index is 11.7. The number of nitrogens with zero attached hydrogens (tertiary/aromatic N) is 1. The van der Waals surface area contributed by atoms with E-state index in [9.17, 15) is 4.79 Å². The second-order valence-corrected chi connectivity index (χ2v) is 7.43. The van der Waals surface area contributed by atoms with Gasteiger partial charge >= 0.3 is 0 Å². The van der Waals surface area contributed by atoms with Crippen molar-refractivity contribution >= 4 is 29.3 Å². The molecule has 0 fully saturated rings. The first-order chi connectivity index (χ1) is 13.7. The van der Waals surface area contributed by atoms with E-state index in [-0.39, 0.29) is 12.4 Å². The number of ketones is 1. The van der Waals surface area contributed by atoms with E-state index >= 15 is 0 Å². The van der Waals surface area contributed by atoms with Crippen LogP contribution in [0.4, 0.5) is 5.69 Å². The molecule has 0 unspecified atom stereocenters. The van der Waals surface area contributed by atoms with E-state index in [0.29, 0.717) is 22.7 Å². The molecule has 0 bridgehead atoms. The van der Waals surface area contributed by atoms with Crippen molar-refractivity contribution in [3.05, 3.63) is 74.9 Å². The first kappa shape index (κ1) is 24.6. The number of benzene rings is 2. The van der Waals surface area contributed by atoms with Crippen LogP contribution < -0.4 is 5.73 Å². The summed E-state index contributed by atoms with van der Waals surface area (Å²) in [6.07, 6.45) is 4.01. The van der Waals surface area contributed by atoms with Crippen LogP contribution in [0, 0.1) is 27.7 Å². The van der Waals surface area contributed by atoms with Crippen LogP contribution in [0.5, 0.6) is 0 Å². The van der Waals surface area contributed by atoms with Crippen molar-refractivity contribution in [2.24, 2.45) is 10.7 Å². The number of halogens is 1. The monoisotopic (exact) mass is 414 g/mol. The lowest BCUT2D eigenvalue weighted by Gasteiger charge is -2.06. The Kier molecular flexibility index (Phi) is 10.4. The number of allylic oxidation sites excluding steroid dienone is 1. The van der Waals surface area contributed by atoms with Gasteiger partial charge in [-0.3, -0.25) is 9.79 Å². The molecule has 0 aliphatic heterocycles. The van der Waals surface area contributed by atoms with Gasteiger partial charge in [0, 0.05) is 18.8 Å². The molecule has 4 nitrogen and oxygen atoms in total. The van der Waals surface area contributed by atoms with E-state index in [1.54, 1.807) is 6.07 Å². The van der Waals surface area contributed by atoms with Crippen molar-refractivity contribution in [1.29, 1.82) is 0 Å². The summed E-state index contributed by atoms with van der Waals surface area (Å²) in [6, 6.07) is 9.61. The van der Waals surface area contributed by atoms with Gasteiger partial charge in [0.25, 0.3) is 0 Å². The zero-order chi connectivity index (χ0) is 22.0. The highest BCUT2D eigenvalue weighted by molar-refractivity contribution is 6.33. The summed E-state index contributed by atoms with van der Waals surface area (Å²) in [5, 5.41) is 9.43. The average Bonchev–Trinajstić information content (AvgIpc) is 2.69. The van der Waals surface area contributed by atoms with Crippen LogP contribution in [0.1, 0.15) is 47.6 Å². The fraction of sp³-hybridized carbons (Fsp3) is 0.333. The minimum Gasteiger partial charge on any atom is -0.404 e. The summed E-state index contributed by atoms with van der Waals surface area (Å²) in [5.74, 6) is -0.00692. The average molecular weight is 415 g/mol. The van der Waals surface area contributed by atoms with Crippen molar-refractivity contribution < 1.29 is 9.90 Å². The zero-order valence-corrected chi connectivity index (χ0v) is 18.7. The van der Waals surface area contributed by atoms with Gasteiger partial charge in [-0.2, -0.15) is 0 Å². The number of hydrogen-bond donors (Lipinski definition) is 2. The molecular formula is C24H31ClN2O2. The molecule has 0 radical (unpaired) electrons. The lowest BCUT2D eigenvalue weighted by molar-refractivity contribution is -0.115. The smallest absolute Gasteiger partial charge is 0.165 e. The van der Waals surface area contributed by atoms with Crippen molar-refractivity contribution in [1.82, 2.24) is 0 Å². The van der Waals surface area contributed by atoms with Gasteiger partial charge in [-0.05, 0) is 74.1 Å². The molecule has 0 amide bonds. The zero-order valence-electron chi connectivity index (χ0n) is 17.9. The summed E-state index contributed by atoms with van der Waals surface area (Å²) in [6.45, 7) is 10.3. The van der Waals surface area contributed by atoms with Gasteiger partial charge in [-0.1, -0.05) is 36.7 Å². The third kappa shape index (κ3) is 7.84. The van der Waals surface area contributed by atoms with Gasteiger partial charge in [-0.25, -0.2) is 0 Å². The second-order valence-electron chi connectivity index (χ2n) is 7.02. The van der Waals surface area contributed by atoms with Gasteiger partial charge in [0.05, 0.1) is 22.9 Å². The van der Waals surface area contributed by atoms with Crippen LogP contribution in [0.2, 0.25) is 5.02 Å². The molecule has 2 aromatic rings. The number of aliphatic hydroxyl groups is 1. The minimum absolute atomic E-state index is 0.00692. The molecular weight excluding hydrogens is 384 g/mol. The van der Waals surface area contributed by atoms with Crippen LogP contribution in [0.15, 0.2) is 47.1 Å². The molecule has 5 heteroatoms. The SMILES string of the molecule is CCCC(=O)/C(C=Nc1cc(C)ccc1Cl)=C/N.Cc1cc(CO)cc(C)c1C. The van der Waals surface area contributed by atoms with Gasteiger partial charge in [0.2, 0.25) is 0 Å². The Labute approximate surface area is 179 Å². The third-order valence-corrected chi connectivity index (χ3v) is 4.91. The number of Topliss-reactive ketones (excluding diaryl/α,β-unsaturated/α-hetero) is 1. The Morgan fingerprint density at radius 2 is 1.76 bits per heavy atom. The highest BCUT2D eigenvalue weighted by atomic mass is 35.5. The summed E-state index contributed by atoms with van der Waals surface area (Å²) < 4.78 is 0. The number of carbonyl (C=O) groups excluding carboxylic acids is 1. The fourth-order valence-electron chi connectivity index (χ4n) is 2.66. The lowest BCUT2D eigenvalue weighted by Crippen LogP contribution is -2.05. The van der Waals surface area contributed by atoms with Gasteiger partial charge in [-0.15, -0.1) is 0 Å². The topological polar surface area (TPSA) is 75.7 Å². The number of nitrogens with two attached hydrogens (primary N) is 1. The molecule has 0 saturated heterocycles. The van der Waals surface area contributed by atoms with Gasteiger partial charge < -0.3 is 10.8 Å². The van der Waals surface area contributed by atoms with Crippen molar-refractivity contribution in [3.8, 4) is 0 Å². The van der Waals surface area contributed by atoms with Crippen molar-refractivity contribution in [3.63, 3.8) is 0 Å². The van der Waals surface area contributed by atoms with Gasteiger partial charge in [0.1, 0.15) is 0 Å². The maximum atomic E-state index is 11.7. The number of aliphatic imine (C=N–C) groups is 1. The van der Waals surface area contributed by atoms with Crippen LogP contribution >= 0.6 is 11.6 Å². The molecule has 3 N–H and O–H groups in total. The molecule has 29 heavy (non-hydrogen) atoms. The third-order valence-electron chi connectivity index (χ3n) is 4.59. The molecule has 0 heterocycles. The Bertz CT molecular complexity index is 879. The van der Waals surface area contributed by atoms with E-state index in [2.05, 4.69) is 25.8 Å². The summed E-state index contributed by atoms with van der Waals surface area (Å²) >= 11 is 6.01. The molecule has 0 aliphatic carbocycles. The maximum Gasteiger partial charge on any atom is 0.165 e. The highest BCUT2D eigenvalue weighted by Crippen LogP contribution is 2.25. The largest absolute Gasteiger partial charge is 0.404 e. The number of rotatable bonds is 6. The number of hydrogen-bond acceptors (Lipinski definition) is 4. The van der Waals surface area contributed by atoms with E-state index < -0.39 is 0 Å². The van der Waals surface area contributed by atoms with E-state index in [0.717, 1.165) is 17.5 Å². The van der Waals surface area contributed by atoms with E-state index in [4.69, 9.17) is 22.4 Å². The molecule has 0 saturated carbocycles. The second kappa shape index (κ2) is 12.2. The molecule has 0 aromatic heterocycles. The van der Waals surface area contributed by atoms with E-state index in [1.165, 1.54) is 29.1 Å². The number of aryl methyl sites for hydroxylation is 3. The first-order valence-corrected chi connectivity index (χ1v) is 10.0. The predicted octanol–water partition coefficient (Wildman–Crippen LogP) is 5.67. The Morgan fingerprint density at radius 3 is 2.28 bits per heavy atom. The van der Waals surface area contributed by atoms with Crippen molar-refractivity contribution in [2.45, 2.75) is 54.1 Å². The molecule has 2 rings (SSSR count). The normalized spacial score (nSPS) is 11.3. The molecule has 0 aliphatic rings. The van der Waals surface area contributed by atoms with Crippen LogP contribution in [-0.4, -0.2) is 17.1 Å². The van der Waals surface area contributed by atoms with Crippen LogP contribution in [0.25, 0.3) is 0 Å². The van der Waals surface area contributed by atoms with E-state index in [1.807, 2.05) is 38.1 Å². The van der Waals surface area contributed by atoms with Gasteiger partial charge in [0.15, 0.2) is 5.78 Å². The lowest BCUT2D eigenvalue weighted by atomic mass is 10.0. The molecule has 0 atom stereocenters. The Balaban J connectivity index is 0.000000326. The Morgan fingerprint density at radius 1 is 1.14 bits per heavy atom. The predicted molar refractivity (Wildman–Crippen MR) is 123 cm³/mol. The minimum atomic E-state index is -0.00692. The quantitative estimate of drug-likeness (QED) is 0.472. The summed E-state index contributed by atoms with van der Waals surface area (Å²) in [5.41, 5.74) is 12.4. The van der Waals surface area contributed by atoms with Crippen molar-refractivity contribution in [2.75, 3.05) is 0 Å². The number of aliphatic hydroxyl groups excluding tert-OH is 1. The Hall–Kier alpha value is -2.43. The first-order valence-electron chi connectivity index (χ1n) is 9.66. The summed E-state index contributed by atoms with van der Waals surface area (Å²) in [4.78, 5) is 15.9. The fourth-order valence-corrected chi connectivity index (χ4v) is 2.82. The molecule has 0 spiro atoms. The summed E-state index contributed by atoms with van der Waals surface area (Å²) in [7, 11) is 0. The standard InChI is InChI=1S/C14H17ClN2O.C10H14O/c1-3-4-14(18)11(8-16)9-17-13-7-10(2)5-6-12(13)15;1-7-4-10(6-11)5-8(2)9(7)3/h5-9H,3-4,16H2,1-2H3;4-5,11H,6H2,1-3H3/b11-8+,17-9?;. The highest BCUT2D eigenvalue weighted by Gasteiger charge is 2.06. The molecule has 2 aromatic carbocycles. The van der Waals surface area contributed by atoms with Crippen LogP contribution in [0.3, 0.4) is 0 Å². The van der Waals surface area contributed by atoms with Crippen LogP contribution in [-0.2, 0) is 11.4 Å². The molecule has 156 valence electrons.